The predicted molar refractivity (Wildman–Crippen MR) is 111 cm³/mol. The lowest BCUT2D eigenvalue weighted by atomic mass is 10.1. The molecule has 8 nitrogen and oxygen atoms in total. The van der Waals surface area contributed by atoms with Gasteiger partial charge in [0, 0.05) is 56.4 Å². The van der Waals surface area contributed by atoms with Gasteiger partial charge in [0.2, 0.25) is 11.8 Å². The third-order valence-electron chi connectivity index (χ3n) is 5.87. The number of benzene rings is 1. The molecule has 0 atom stereocenters. The number of rotatable bonds is 7. The Balaban J connectivity index is 1.48. The number of hydrogen-bond donors (Lipinski definition) is 0. The maximum atomic E-state index is 13.2. The minimum Gasteiger partial charge on any atom is -0.408 e. The average molecular weight is 436 g/mol. The summed E-state index contributed by atoms with van der Waals surface area (Å²) in [5.41, 5.74) is 0.915. The van der Waals surface area contributed by atoms with E-state index < -0.39 is 5.76 Å². The standard InChI is InChI=1S/C21H26ClN3O5/c22-15-4-5-17-18(13-15)30-21(28)25(17)14-20(27)24(16-6-11-29-12-7-16)10-2-9-23-8-1-3-19(23)26/h4-5,13,16H,1-3,6-12,14H2. The molecule has 2 aromatic rings. The normalized spacial score (nSPS) is 17.8. The van der Waals surface area contributed by atoms with Gasteiger partial charge in [-0.1, -0.05) is 11.6 Å². The van der Waals surface area contributed by atoms with Crippen LogP contribution < -0.4 is 5.76 Å². The molecule has 1 aromatic carbocycles. The van der Waals surface area contributed by atoms with Crippen molar-refractivity contribution in [3.63, 3.8) is 0 Å². The molecule has 2 aliphatic rings. The number of likely N-dealkylation sites (tertiary alicyclic amines) is 1. The lowest BCUT2D eigenvalue weighted by molar-refractivity contribution is -0.136. The van der Waals surface area contributed by atoms with E-state index in [2.05, 4.69) is 0 Å². The van der Waals surface area contributed by atoms with E-state index in [1.165, 1.54) is 4.57 Å². The average Bonchev–Trinajstić information content (AvgIpc) is 3.28. The molecule has 4 rings (SSSR count). The van der Waals surface area contributed by atoms with Crippen LogP contribution in [0.4, 0.5) is 0 Å². The monoisotopic (exact) mass is 435 g/mol. The third-order valence-corrected chi connectivity index (χ3v) is 6.11. The van der Waals surface area contributed by atoms with E-state index in [4.69, 9.17) is 20.8 Å². The maximum absolute atomic E-state index is 13.2. The maximum Gasteiger partial charge on any atom is 0.420 e. The van der Waals surface area contributed by atoms with Gasteiger partial charge in [0.05, 0.1) is 5.52 Å². The highest BCUT2D eigenvalue weighted by Gasteiger charge is 2.27. The molecule has 3 heterocycles. The van der Waals surface area contributed by atoms with Gasteiger partial charge in [-0.15, -0.1) is 0 Å². The molecule has 0 aliphatic carbocycles. The van der Waals surface area contributed by atoms with E-state index in [-0.39, 0.29) is 24.4 Å². The van der Waals surface area contributed by atoms with Crippen molar-refractivity contribution in [1.82, 2.24) is 14.4 Å². The highest BCUT2D eigenvalue weighted by Crippen LogP contribution is 2.20. The second-order valence-electron chi connectivity index (χ2n) is 7.83. The molecule has 0 spiro atoms. The number of carbonyl (C=O) groups is 2. The summed E-state index contributed by atoms with van der Waals surface area (Å²) in [5.74, 6) is -0.515. The summed E-state index contributed by atoms with van der Waals surface area (Å²) in [6, 6.07) is 5.00. The van der Waals surface area contributed by atoms with Gasteiger partial charge >= 0.3 is 5.76 Å². The lowest BCUT2D eigenvalue weighted by Gasteiger charge is -2.35. The number of ether oxygens (including phenoxy) is 1. The number of aromatic nitrogens is 1. The quantitative estimate of drug-likeness (QED) is 0.666. The van der Waals surface area contributed by atoms with Crippen LogP contribution in [0.1, 0.15) is 32.1 Å². The van der Waals surface area contributed by atoms with Crippen molar-refractivity contribution in [2.45, 2.75) is 44.7 Å². The predicted octanol–water partition coefficient (Wildman–Crippen LogP) is 2.27. The molecular formula is C21H26ClN3O5. The molecule has 9 heteroatoms. The van der Waals surface area contributed by atoms with Crippen molar-refractivity contribution in [3.05, 3.63) is 33.8 Å². The molecule has 162 valence electrons. The van der Waals surface area contributed by atoms with Gasteiger partial charge in [0.25, 0.3) is 0 Å². The van der Waals surface area contributed by atoms with Crippen molar-refractivity contribution in [2.75, 3.05) is 32.8 Å². The van der Waals surface area contributed by atoms with Crippen molar-refractivity contribution in [1.29, 1.82) is 0 Å². The van der Waals surface area contributed by atoms with Crippen molar-refractivity contribution >= 4 is 34.5 Å². The number of hydrogen-bond acceptors (Lipinski definition) is 5. The van der Waals surface area contributed by atoms with E-state index in [0.717, 1.165) is 25.8 Å². The highest BCUT2D eigenvalue weighted by atomic mass is 35.5. The summed E-state index contributed by atoms with van der Waals surface area (Å²) in [5, 5.41) is 0.468. The van der Waals surface area contributed by atoms with Crippen LogP contribution >= 0.6 is 11.6 Å². The fraction of sp³-hybridized carbons (Fsp3) is 0.571. The first-order valence-electron chi connectivity index (χ1n) is 10.5. The zero-order chi connectivity index (χ0) is 21.1. The zero-order valence-corrected chi connectivity index (χ0v) is 17.6. The summed E-state index contributed by atoms with van der Waals surface area (Å²) >= 11 is 5.97. The van der Waals surface area contributed by atoms with E-state index in [9.17, 15) is 14.4 Å². The lowest BCUT2D eigenvalue weighted by Crippen LogP contribution is -2.46. The van der Waals surface area contributed by atoms with Crippen LogP contribution in [-0.4, -0.2) is 65.1 Å². The molecule has 2 aliphatic heterocycles. The number of oxazole rings is 1. The fourth-order valence-corrected chi connectivity index (χ4v) is 4.46. The Kier molecular flexibility index (Phi) is 6.43. The van der Waals surface area contributed by atoms with Gasteiger partial charge in [-0.25, -0.2) is 4.79 Å². The highest BCUT2D eigenvalue weighted by molar-refractivity contribution is 6.31. The first-order valence-corrected chi connectivity index (χ1v) is 10.8. The van der Waals surface area contributed by atoms with Crippen LogP contribution in [0.2, 0.25) is 5.02 Å². The summed E-state index contributed by atoms with van der Waals surface area (Å²) < 4.78 is 12.1. The Labute approximate surface area is 179 Å². The van der Waals surface area contributed by atoms with Gasteiger partial charge < -0.3 is 19.0 Å². The number of halogens is 1. The van der Waals surface area contributed by atoms with Crippen molar-refractivity contribution in [3.8, 4) is 0 Å². The summed E-state index contributed by atoms with van der Waals surface area (Å²) in [7, 11) is 0. The number of carbonyl (C=O) groups excluding carboxylic acids is 2. The summed E-state index contributed by atoms with van der Waals surface area (Å²) in [4.78, 5) is 41.1. The number of amides is 2. The minimum atomic E-state index is -0.574. The van der Waals surface area contributed by atoms with Crippen LogP contribution in [-0.2, 0) is 20.9 Å². The first kappa shape index (κ1) is 20.9. The molecule has 0 radical (unpaired) electrons. The van der Waals surface area contributed by atoms with Crippen LogP contribution in [0, 0.1) is 0 Å². The van der Waals surface area contributed by atoms with Crippen molar-refractivity contribution in [2.24, 2.45) is 0 Å². The molecular weight excluding hydrogens is 410 g/mol. The van der Waals surface area contributed by atoms with Gasteiger partial charge in [0.1, 0.15) is 6.54 Å². The molecule has 0 bridgehead atoms. The SMILES string of the molecule is O=C1CCCN1CCCN(C(=O)Cn1c(=O)oc2cc(Cl)ccc21)C1CCOCC1. The molecule has 0 N–H and O–H groups in total. The molecule has 1 aromatic heterocycles. The van der Waals surface area contributed by atoms with E-state index >= 15 is 0 Å². The molecule has 0 saturated carbocycles. The molecule has 2 saturated heterocycles. The minimum absolute atomic E-state index is 0.0730. The van der Waals surface area contributed by atoms with Gasteiger partial charge in [-0.2, -0.15) is 0 Å². The largest absolute Gasteiger partial charge is 0.420 e. The second kappa shape index (κ2) is 9.22. The van der Waals surface area contributed by atoms with Crippen LogP contribution in [0.25, 0.3) is 11.1 Å². The Morgan fingerprint density at radius 2 is 2.03 bits per heavy atom. The first-order chi connectivity index (χ1) is 14.5. The van der Waals surface area contributed by atoms with Crippen LogP contribution in [0.3, 0.4) is 0 Å². The van der Waals surface area contributed by atoms with E-state index in [1.807, 2.05) is 9.80 Å². The Bertz CT molecular complexity index is 979. The van der Waals surface area contributed by atoms with E-state index in [1.54, 1.807) is 18.2 Å². The fourth-order valence-electron chi connectivity index (χ4n) is 4.30. The van der Waals surface area contributed by atoms with Crippen molar-refractivity contribution < 1.29 is 18.7 Å². The Morgan fingerprint density at radius 3 is 2.77 bits per heavy atom. The summed E-state index contributed by atoms with van der Waals surface area (Å²) in [6.07, 6.45) is 3.77. The molecule has 2 amide bonds. The van der Waals surface area contributed by atoms with Gasteiger partial charge in [-0.3, -0.25) is 14.2 Å². The molecule has 30 heavy (non-hydrogen) atoms. The van der Waals surface area contributed by atoms with Crippen LogP contribution in [0.5, 0.6) is 0 Å². The third kappa shape index (κ3) is 4.54. The topological polar surface area (TPSA) is 85.0 Å². The van der Waals surface area contributed by atoms with Crippen LogP contribution in [0.15, 0.2) is 27.4 Å². The Morgan fingerprint density at radius 1 is 1.23 bits per heavy atom. The smallest absolute Gasteiger partial charge is 0.408 e. The van der Waals surface area contributed by atoms with E-state index in [0.29, 0.717) is 55.3 Å². The molecule has 2 fully saturated rings. The second-order valence-corrected chi connectivity index (χ2v) is 8.27. The number of fused-ring (bicyclic) bond motifs is 1. The van der Waals surface area contributed by atoms with Gasteiger partial charge in [0.15, 0.2) is 5.58 Å². The zero-order valence-electron chi connectivity index (χ0n) is 16.8. The number of nitrogens with zero attached hydrogens (tertiary/aromatic N) is 3. The Hall–Kier alpha value is -2.32. The van der Waals surface area contributed by atoms with Gasteiger partial charge in [-0.05, 0) is 37.8 Å². The molecule has 0 unspecified atom stereocenters. The summed E-state index contributed by atoms with van der Waals surface area (Å²) in [6.45, 7) is 3.14.